The largest absolute Gasteiger partial charge is 0.381 e. The van der Waals surface area contributed by atoms with E-state index in [1.165, 1.54) is 38.5 Å². The minimum atomic E-state index is 0.818. The van der Waals surface area contributed by atoms with Gasteiger partial charge in [0.2, 0.25) is 0 Å². The molecule has 0 radical (unpaired) electrons. The summed E-state index contributed by atoms with van der Waals surface area (Å²) in [5.41, 5.74) is 0. The Hall–Kier alpha value is -0.0400. The van der Waals surface area contributed by atoms with Gasteiger partial charge in [0.25, 0.3) is 0 Å². The smallest absolute Gasteiger partial charge is 0.0494 e. The Balaban J connectivity index is 3.44. The van der Waals surface area contributed by atoms with E-state index >= 15 is 0 Å². The molecule has 0 fully saturated rings. The highest BCUT2D eigenvalue weighted by Crippen LogP contribution is 2.16. The van der Waals surface area contributed by atoms with E-state index in [2.05, 4.69) is 20.8 Å². The van der Waals surface area contributed by atoms with E-state index in [0.717, 1.165) is 25.6 Å². The maximum absolute atomic E-state index is 5.63. The summed E-state index contributed by atoms with van der Waals surface area (Å²) in [6, 6.07) is 0. The van der Waals surface area contributed by atoms with Crippen LogP contribution in [0, 0.1) is 5.92 Å². The molecule has 0 bridgehead atoms. The lowest BCUT2D eigenvalue weighted by Crippen LogP contribution is -2.10. The van der Waals surface area contributed by atoms with E-state index in [1.807, 2.05) is 0 Å². The second-order valence-corrected chi connectivity index (χ2v) is 4.23. The van der Waals surface area contributed by atoms with Crippen molar-refractivity contribution in [3.8, 4) is 0 Å². The van der Waals surface area contributed by atoms with Crippen molar-refractivity contribution in [3.63, 3.8) is 0 Å². The predicted octanol–water partition coefficient (Wildman–Crippen LogP) is 4.41. The minimum Gasteiger partial charge on any atom is -0.381 e. The first-order valence-electron chi connectivity index (χ1n) is 6.42. The van der Waals surface area contributed by atoms with Crippen LogP contribution in [0.25, 0.3) is 0 Å². The molecule has 0 amide bonds. The second kappa shape index (κ2) is 11.0. The average Bonchev–Trinajstić information content (AvgIpc) is 2.18. The third-order valence-electron chi connectivity index (χ3n) is 2.61. The summed E-state index contributed by atoms with van der Waals surface area (Å²) < 4.78 is 5.63. The quantitative estimate of drug-likeness (QED) is 0.475. The van der Waals surface area contributed by atoms with Crippen molar-refractivity contribution in [2.45, 2.75) is 65.7 Å². The maximum atomic E-state index is 5.63. The van der Waals surface area contributed by atoms with Gasteiger partial charge < -0.3 is 4.74 Å². The Morgan fingerprint density at radius 1 is 0.857 bits per heavy atom. The van der Waals surface area contributed by atoms with E-state index in [9.17, 15) is 0 Å². The lowest BCUT2D eigenvalue weighted by atomic mass is 9.97. The Kier molecular flexibility index (Phi) is 11.0. The molecule has 0 aromatic heterocycles. The molecule has 86 valence electrons. The van der Waals surface area contributed by atoms with Crippen molar-refractivity contribution in [3.05, 3.63) is 0 Å². The van der Waals surface area contributed by atoms with Crippen LogP contribution in [-0.4, -0.2) is 13.2 Å². The van der Waals surface area contributed by atoms with Crippen molar-refractivity contribution in [1.29, 1.82) is 0 Å². The van der Waals surface area contributed by atoms with E-state index in [4.69, 9.17) is 4.74 Å². The Morgan fingerprint density at radius 3 is 2.21 bits per heavy atom. The van der Waals surface area contributed by atoms with Crippen molar-refractivity contribution in [2.24, 2.45) is 5.92 Å². The summed E-state index contributed by atoms with van der Waals surface area (Å²) in [6.07, 6.45) is 9.25. The average molecular weight is 200 g/mol. The lowest BCUT2D eigenvalue weighted by molar-refractivity contribution is 0.0922. The van der Waals surface area contributed by atoms with E-state index in [-0.39, 0.29) is 0 Å². The third-order valence-corrected chi connectivity index (χ3v) is 2.61. The van der Waals surface area contributed by atoms with Crippen LogP contribution >= 0.6 is 0 Å². The van der Waals surface area contributed by atoms with Crippen LogP contribution in [0.4, 0.5) is 0 Å². The summed E-state index contributed by atoms with van der Waals surface area (Å²) in [4.78, 5) is 0. The van der Waals surface area contributed by atoms with Gasteiger partial charge >= 0.3 is 0 Å². The summed E-state index contributed by atoms with van der Waals surface area (Å²) in [7, 11) is 0. The van der Waals surface area contributed by atoms with E-state index < -0.39 is 0 Å². The first-order valence-corrected chi connectivity index (χ1v) is 6.42. The van der Waals surface area contributed by atoms with Crippen LogP contribution in [0.2, 0.25) is 0 Å². The van der Waals surface area contributed by atoms with Gasteiger partial charge in [-0.05, 0) is 25.2 Å². The van der Waals surface area contributed by atoms with Crippen LogP contribution in [0.15, 0.2) is 0 Å². The first kappa shape index (κ1) is 14.0. The second-order valence-electron chi connectivity index (χ2n) is 4.23. The van der Waals surface area contributed by atoms with Gasteiger partial charge in [-0.1, -0.05) is 46.5 Å². The molecule has 1 atom stereocenters. The maximum Gasteiger partial charge on any atom is 0.0494 e. The summed E-state index contributed by atoms with van der Waals surface area (Å²) in [6.45, 7) is 8.64. The molecular formula is C13H28O. The molecule has 0 rings (SSSR count). The van der Waals surface area contributed by atoms with Gasteiger partial charge in [-0.15, -0.1) is 0 Å². The third kappa shape index (κ3) is 8.55. The van der Waals surface area contributed by atoms with Crippen molar-refractivity contribution in [2.75, 3.05) is 13.2 Å². The summed E-state index contributed by atoms with van der Waals surface area (Å²) >= 11 is 0. The first-order chi connectivity index (χ1) is 6.85. The number of hydrogen-bond acceptors (Lipinski definition) is 1. The van der Waals surface area contributed by atoms with E-state index in [0.29, 0.717) is 0 Å². The molecule has 0 heterocycles. The molecule has 0 aromatic rings. The molecule has 0 saturated carbocycles. The fourth-order valence-electron chi connectivity index (χ4n) is 1.80. The molecule has 14 heavy (non-hydrogen) atoms. The van der Waals surface area contributed by atoms with Crippen LogP contribution < -0.4 is 0 Å². The zero-order valence-electron chi connectivity index (χ0n) is 10.3. The monoisotopic (exact) mass is 200 g/mol. The number of ether oxygens (including phenoxy) is 1. The van der Waals surface area contributed by atoms with Gasteiger partial charge in [-0.2, -0.15) is 0 Å². The van der Waals surface area contributed by atoms with Crippen molar-refractivity contribution < 1.29 is 4.74 Å². The number of rotatable bonds is 10. The van der Waals surface area contributed by atoms with Gasteiger partial charge in [0.1, 0.15) is 0 Å². The molecule has 0 aliphatic heterocycles. The summed E-state index contributed by atoms with van der Waals surface area (Å²) in [5, 5.41) is 0. The molecule has 1 heteroatoms. The van der Waals surface area contributed by atoms with Crippen molar-refractivity contribution in [1.82, 2.24) is 0 Å². The highest BCUT2D eigenvalue weighted by Gasteiger charge is 2.06. The molecule has 0 aliphatic rings. The molecule has 0 aliphatic carbocycles. The molecule has 0 N–H and O–H groups in total. The summed E-state index contributed by atoms with van der Waals surface area (Å²) in [5.74, 6) is 0.818. The Morgan fingerprint density at radius 2 is 1.64 bits per heavy atom. The predicted molar refractivity (Wildman–Crippen MR) is 63.7 cm³/mol. The molecule has 0 aromatic carbocycles. The normalized spacial score (nSPS) is 13.1. The minimum absolute atomic E-state index is 0.818. The number of unbranched alkanes of at least 4 members (excludes halogenated alkanes) is 2. The molecule has 1 unspecified atom stereocenters. The molecule has 0 spiro atoms. The molecular weight excluding hydrogens is 172 g/mol. The van der Waals surface area contributed by atoms with Crippen LogP contribution in [0.1, 0.15) is 65.7 Å². The van der Waals surface area contributed by atoms with Crippen molar-refractivity contribution >= 4 is 0 Å². The van der Waals surface area contributed by atoms with Gasteiger partial charge in [-0.3, -0.25) is 0 Å². The Bertz CT molecular complexity index is 91.4. The van der Waals surface area contributed by atoms with Crippen LogP contribution in [-0.2, 0) is 4.74 Å². The zero-order chi connectivity index (χ0) is 10.6. The standard InChI is InChI=1S/C13H28O/c1-4-7-8-10-13(9-5-2)12-14-11-6-3/h13H,4-12H2,1-3H3. The van der Waals surface area contributed by atoms with E-state index in [1.54, 1.807) is 0 Å². The Labute approximate surface area is 90.2 Å². The van der Waals surface area contributed by atoms with Crippen LogP contribution in [0.5, 0.6) is 0 Å². The van der Waals surface area contributed by atoms with Gasteiger partial charge in [0.15, 0.2) is 0 Å². The zero-order valence-corrected chi connectivity index (χ0v) is 10.3. The SMILES string of the molecule is CCCCCC(CCC)COCCC. The van der Waals surface area contributed by atoms with Gasteiger partial charge in [0, 0.05) is 13.2 Å². The van der Waals surface area contributed by atoms with Crippen LogP contribution in [0.3, 0.4) is 0 Å². The lowest BCUT2D eigenvalue weighted by Gasteiger charge is -2.15. The molecule has 0 saturated heterocycles. The highest BCUT2D eigenvalue weighted by atomic mass is 16.5. The fourth-order valence-corrected chi connectivity index (χ4v) is 1.80. The highest BCUT2D eigenvalue weighted by molar-refractivity contribution is 4.58. The molecule has 1 nitrogen and oxygen atoms in total. The fraction of sp³-hybridized carbons (Fsp3) is 1.00. The van der Waals surface area contributed by atoms with Gasteiger partial charge in [0.05, 0.1) is 0 Å². The van der Waals surface area contributed by atoms with Gasteiger partial charge in [-0.25, -0.2) is 0 Å². The number of hydrogen-bond donors (Lipinski definition) is 0. The topological polar surface area (TPSA) is 9.23 Å².